The Morgan fingerprint density at radius 3 is 2.26 bits per heavy atom. The Kier molecular flexibility index (Phi) is 6.24. The van der Waals surface area contributed by atoms with Gasteiger partial charge in [0.2, 0.25) is 5.91 Å². The van der Waals surface area contributed by atoms with Crippen molar-refractivity contribution in [3.05, 3.63) is 70.3 Å². The Hall–Kier alpha value is -2.67. The highest BCUT2D eigenvalue weighted by Crippen LogP contribution is 2.25. The summed E-state index contributed by atoms with van der Waals surface area (Å²) in [6.07, 6.45) is 1.36. The van der Waals surface area contributed by atoms with Crippen molar-refractivity contribution in [2.24, 2.45) is 5.92 Å². The highest BCUT2D eigenvalue weighted by atomic mass is 32.2. The molecule has 27 heavy (non-hydrogen) atoms. The topological polar surface area (TPSA) is 80.5 Å². The number of hydrogen-bond donors (Lipinski definition) is 0. The summed E-state index contributed by atoms with van der Waals surface area (Å²) >= 11 is 1.37. The predicted molar refractivity (Wildman–Crippen MR) is 104 cm³/mol. The number of nitrogens with zero attached hydrogens (tertiary/aromatic N) is 2. The van der Waals surface area contributed by atoms with Crippen LogP contribution in [0.2, 0.25) is 0 Å². The molecule has 2 aromatic rings. The number of ketones is 1. The van der Waals surface area contributed by atoms with E-state index in [1.54, 1.807) is 17.0 Å². The zero-order valence-corrected chi connectivity index (χ0v) is 15.6. The zero-order valence-electron chi connectivity index (χ0n) is 14.7. The quantitative estimate of drug-likeness (QED) is 0.327. The third-order valence-corrected chi connectivity index (χ3v) is 5.68. The standard InChI is InChI=1S/C20H20N2O4S/c23-19(14-27-18-8-6-17(7-9-18)22(25)26)21-12-10-16(11-13-21)20(24)15-4-2-1-3-5-15/h1-9,16H,10-14H2. The van der Waals surface area contributed by atoms with E-state index in [0.29, 0.717) is 25.9 Å². The van der Waals surface area contributed by atoms with Crippen LogP contribution in [0.5, 0.6) is 0 Å². The van der Waals surface area contributed by atoms with E-state index in [0.717, 1.165) is 10.5 Å². The van der Waals surface area contributed by atoms with Crippen LogP contribution in [0.25, 0.3) is 0 Å². The number of piperidine rings is 1. The summed E-state index contributed by atoms with van der Waals surface area (Å²) in [7, 11) is 0. The van der Waals surface area contributed by atoms with Gasteiger partial charge in [0.05, 0.1) is 10.7 Å². The summed E-state index contributed by atoms with van der Waals surface area (Å²) in [6, 6.07) is 15.5. The largest absolute Gasteiger partial charge is 0.342 e. The van der Waals surface area contributed by atoms with Gasteiger partial charge in [0.25, 0.3) is 5.69 Å². The van der Waals surface area contributed by atoms with Crippen molar-refractivity contribution >= 4 is 29.1 Å². The van der Waals surface area contributed by atoms with Gasteiger partial charge in [-0.05, 0) is 25.0 Å². The van der Waals surface area contributed by atoms with Gasteiger partial charge >= 0.3 is 0 Å². The number of Topliss-reactive ketones (excluding diaryl/α,β-unsaturated/α-hetero) is 1. The lowest BCUT2D eigenvalue weighted by Gasteiger charge is -2.31. The second kappa shape index (κ2) is 8.81. The third kappa shape index (κ3) is 4.95. The molecule has 1 saturated heterocycles. The minimum Gasteiger partial charge on any atom is -0.342 e. The molecule has 1 aliphatic heterocycles. The summed E-state index contributed by atoms with van der Waals surface area (Å²) in [5, 5.41) is 10.7. The first kappa shape index (κ1) is 19.1. The number of nitro groups is 1. The molecule has 0 bridgehead atoms. The minimum absolute atomic E-state index is 0.0289. The van der Waals surface area contributed by atoms with Gasteiger partial charge in [0.1, 0.15) is 0 Å². The Morgan fingerprint density at radius 1 is 1.04 bits per heavy atom. The molecule has 0 spiro atoms. The van der Waals surface area contributed by atoms with Gasteiger partial charge in [0.15, 0.2) is 5.78 Å². The number of hydrogen-bond acceptors (Lipinski definition) is 5. The highest BCUT2D eigenvalue weighted by molar-refractivity contribution is 8.00. The molecule has 0 atom stereocenters. The zero-order chi connectivity index (χ0) is 19.2. The number of likely N-dealkylation sites (tertiary alicyclic amines) is 1. The van der Waals surface area contributed by atoms with E-state index in [1.165, 1.54) is 23.9 Å². The maximum absolute atomic E-state index is 12.5. The highest BCUT2D eigenvalue weighted by Gasteiger charge is 2.27. The lowest BCUT2D eigenvalue weighted by molar-refractivity contribution is -0.384. The molecule has 1 amide bonds. The number of non-ortho nitro benzene ring substituents is 1. The van der Waals surface area contributed by atoms with Crippen LogP contribution in [-0.4, -0.2) is 40.4 Å². The molecule has 1 aliphatic rings. The fourth-order valence-electron chi connectivity index (χ4n) is 3.13. The van der Waals surface area contributed by atoms with E-state index in [-0.39, 0.29) is 29.0 Å². The van der Waals surface area contributed by atoms with E-state index in [2.05, 4.69) is 0 Å². The second-order valence-electron chi connectivity index (χ2n) is 6.43. The van der Waals surface area contributed by atoms with Crippen LogP contribution in [0.15, 0.2) is 59.5 Å². The number of rotatable bonds is 6. The summed E-state index contributed by atoms with van der Waals surface area (Å²) in [6.45, 7) is 1.17. The minimum atomic E-state index is -0.444. The van der Waals surface area contributed by atoms with Crippen LogP contribution in [-0.2, 0) is 4.79 Å². The molecule has 1 fully saturated rings. The predicted octanol–water partition coefficient (Wildman–Crippen LogP) is 3.81. The van der Waals surface area contributed by atoms with Crippen LogP contribution >= 0.6 is 11.8 Å². The van der Waals surface area contributed by atoms with Crippen LogP contribution in [0.3, 0.4) is 0 Å². The number of nitro benzene ring substituents is 1. The second-order valence-corrected chi connectivity index (χ2v) is 7.47. The molecule has 0 N–H and O–H groups in total. The third-order valence-electron chi connectivity index (χ3n) is 4.69. The summed E-state index contributed by atoms with van der Waals surface area (Å²) in [5.41, 5.74) is 0.770. The Labute approximate surface area is 161 Å². The van der Waals surface area contributed by atoms with Crippen molar-refractivity contribution in [1.82, 2.24) is 4.90 Å². The van der Waals surface area contributed by atoms with E-state index in [9.17, 15) is 19.7 Å². The first-order valence-electron chi connectivity index (χ1n) is 8.79. The molecule has 6 nitrogen and oxygen atoms in total. The van der Waals surface area contributed by atoms with Gasteiger partial charge in [0, 0.05) is 41.6 Å². The number of benzene rings is 2. The Bertz CT molecular complexity index is 816. The van der Waals surface area contributed by atoms with Crippen molar-refractivity contribution in [2.45, 2.75) is 17.7 Å². The lowest BCUT2D eigenvalue weighted by Crippen LogP contribution is -2.41. The summed E-state index contributed by atoms with van der Waals surface area (Å²) in [5.74, 6) is 0.445. The smallest absolute Gasteiger partial charge is 0.269 e. The first-order valence-corrected chi connectivity index (χ1v) is 9.77. The van der Waals surface area contributed by atoms with Gasteiger partial charge in [-0.25, -0.2) is 0 Å². The van der Waals surface area contributed by atoms with Gasteiger partial charge in [-0.2, -0.15) is 0 Å². The average molecular weight is 384 g/mol. The van der Waals surface area contributed by atoms with E-state index in [1.807, 2.05) is 30.3 Å². The summed E-state index contributed by atoms with van der Waals surface area (Å²) in [4.78, 5) is 37.8. The lowest BCUT2D eigenvalue weighted by atomic mass is 9.89. The average Bonchev–Trinajstić information content (AvgIpc) is 2.72. The molecular weight excluding hydrogens is 364 g/mol. The Balaban J connectivity index is 1.47. The van der Waals surface area contributed by atoms with Crippen molar-refractivity contribution in [1.29, 1.82) is 0 Å². The normalized spacial score (nSPS) is 14.7. The van der Waals surface area contributed by atoms with E-state index >= 15 is 0 Å². The number of carbonyl (C=O) groups is 2. The molecule has 140 valence electrons. The van der Waals surface area contributed by atoms with E-state index < -0.39 is 4.92 Å². The number of carbonyl (C=O) groups excluding carboxylic acids is 2. The molecule has 2 aromatic carbocycles. The van der Waals surface area contributed by atoms with Crippen molar-refractivity contribution in [3.8, 4) is 0 Å². The van der Waals surface area contributed by atoms with Gasteiger partial charge < -0.3 is 4.90 Å². The molecule has 0 aromatic heterocycles. The van der Waals surface area contributed by atoms with Crippen LogP contribution in [0.1, 0.15) is 23.2 Å². The Morgan fingerprint density at radius 2 is 1.67 bits per heavy atom. The molecule has 3 rings (SSSR count). The van der Waals surface area contributed by atoms with Gasteiger partial charge in [-0.15, -0.1) is 11.8 Å². The van der Waals surface area contributed by atoms with Crippen molar-refractivity contribution in [3.63, 3.8) is 0 Å². The van der Waals surface area contributed by atoms with Crippen LogP contribution in [0.4, 0.5) is 5.69 Å². The van der Waals surface area contributed by atoms with Crippen molar-refractivity contribution < 1.29 is 14.5 Å². The maximum atomic E-state index is 12.5. The van der Waals surface area contributed by atoms with Crippen LogP contribution in [0, 0.1) is 16.0 Å². The van der Waals surface area contributed by atoms with Gasteiger partial charge in [-0.3, -0.25) is 19.7 Å². The molecular formula is C20H20N2O4S. The number of amides is 1. The van der Waals surface area contributed by atoms with Gasteiger partial charge in [-0.1, -0.05) is 30.3 Å². The fraction of sp³-hybridized carbons (Fsp3) is 0.300. The fourth-order valence-corrected chi connectivity index (χ4v) is 3.93. The maximum Gasteiger partial charge on any atom is 0.269 e. The molecule has 0 unspecified atom stereocenters. The molecule has 1 heterocycles. The molecule has 0 radical (unpaired) electrons. The SMILES string of the molecule is O=C(c1ccccc1)C1CCN(C(=O)CSc2ccc([N+](=O)[O-])cc2)CC1. The molecule has 0 saturated carbocycles. The number of thioether (sulfide) groups is 1. The summed E-state index contributed by atoms with van der Waals surface area (Å²) < 4.78 is 0. The molecule has 7 heteroatoms. The first-order chi connectivity index (χ1) is 13.0. The van der Waals surface area contributed by atoms with Crippen LogP contribution < -0.4 is 0 Å². The monoisotopic (exact) mass is 384 g/mol. The molecule has 0 aliphatic carbocycles. The van der Waals surface area contributed by atoms with Crippen molar-refractivity contribution in [2.75, 3.05) is 18.8 Å². The van der Waals surface area contributed by atoms with E-state index in [4.69, 9.17) is 0 Å².